The van der Waals surface area contributed by atoms with Crippen LogP contribution in [0.4, 0.5) is 22.0 Å². The number of benzene rings is 7. The molecule has 0 amide bonds. The van der Waals surface area contributed by atoms with E-state index in [0.29, 0.717) is 33.7 Å². The Kier molecular flexibility index (Phi) is 11.0. The fourth-order valence-corrected chi connectivity index (χ4v) is 7.04. The molecule has 1 nitrogen and oxygen atoms in total. The Hall–Kier alpha value is -5.59. The highest BCUT2D eigenvalue weighted by molar-refractivity contribution is 5.88. The van der Waals surface area contributed by atoms with Crippen LogP contribution in [0.5, 0.6) is 0 Å². The smallest absolute Gasteiger partial charge is 0.167 e. The van der Waals surface area contributed by atoms with E-state index in [0.717, 1.165) is 41.3 Å². The van der Waals surface area contributed by atoms with Crippen molar-refractivity contribution in [2.24, 2.45) is 5.92 Å². The van der Waals surface area contributed by atoms with Crippen LogP contribution in [-0.2, 0) is 4.74 Å². The topological polar surface area (TPSA) is 9.23 Å². The first-order valence-corrected chi connectivity index (χ1v) is 18.5. The Bertz CT molecular complexity index is 2480. The molecule has 6 heteroatoms. The van der Waals surface area contributed by atoms with Crippen LogP contribution in [0.15, 0.2) is 127 Å². The summed E-state index contributed by atoms with van der Waals surface area (Å²) in [4.78, 5) is 0. The Balaban J connectivity index is 0.000000170. The van der Waals surface area contributed by atoms with Gasteiger partial charge in [0.2, 0.25) is 0 Å². The largest absolute Gasteiger partial charge is 0.373 e. The average Bonchev–Trinajstić information content (AvgIpc) is 3.19. The molecule has 8 rings (SSSR count). The van der Waals surface area contributed by atoms with Crippen LogP contribution in [0, 0.1) is 55.8 Å². The number of hydrogen-bond donors (Lipinski definition) is 0. The predicted octanol–water partition coefficient (Wildman–Crippen LogP) is 14.3. The predicted molar refractivity (Wildman–Crippen MR) is 213 cm³/mol. The van der Waals surface area contributed by atoms with Crippen molar-refractivity contribution in [2.45, 2.75) is 46.6 Å². The molecular weight excluding hydrogens is 700 g/mol. The zero-order valence-corrected chi connectivity index (χ0v) is 31.2. The molecule has 1 aliphatic rings. The lowest BCUT2D eigenvalue weighted by Gasteiger charge is -2.27. The minimum absolute atomic E-state index is 0.0477. The van der Waals surface area contributed by atoms with Crippen LogP contribution in [0.2, 0.25) is 0 Å². The number of ether oxygens (including phenoxy) is 1. The van der Waals surface area contributed by atoms with Gasteiger partial charge in [-0.2, -0.15) is 0 Å². The third-order valence-corrected chi connectivity index (χ3v) is 10.4. The van der Waals surface area contributed by atoms with E-state index in [1.165, 1.54) is 17.7 Å². The first kappa shape index (κ1) is 37.7. The maximum Gasteiger partial charge on any atom is 0.167 e. The molecule has 0 N–H and O–H groups in total. The molecule has 7 aromatic carbocycles. The Morgan fingerprint density at radius 1 is 0.455 bits per heavy atom. The molecule has 0 radical (unpaired) electrons. The summed E-state index contributed by atoms with van der Waals surface area (Å²) in [6, 6.07) is 37.3. The first-order valence-electron chi connectivity index (χ1n) is 18.5. The molecule has 278 valence electrons. The third kappa shape index (κ3) is 8.11. The van der Waals surface area contributed by atoms with Crippen LogP contribution < -0.4 is 0 Å². The van der Waals surface area contributed by atoms with Gasteiger partial charge in [-0.1, -0.05) is 133 Å². The monoisotopic (exact) mass is 740 g/mol. The Morgan fingerprint density at radius 2 is 0.909 bits per heavy atom. The lowest BCUT2D eigenvalue weighted by atomic mass is 9.94. The van der Waals surface area contributed by atoms with Crippen LogP contribution in [0.3, 0.4) is 0 Å². The highest BCUT2D eigenvalue weighted by Crippen LogP contribution is 2.36. The molecule has 0 aromatic heterocycles. The third-order valence-electron chi connectivity index (χ3n) is 10.4. The van der Waals surface area contributed by atoms with Crippen LogP contribution in [0.25, 0.3) is 55.3 Å². The van der Waals surface area contributed by atoms with E-state index in [1.54, 1.807) is 49.4 Å². The summed E-state index contributed by atoms with van der Waals surface area (Å²) in [6.45, 7) is 8.54. The number of aryl methyl sites for hydroxylation is 3. The first-order chi connectivity index (χ1) is 26.5. The van der Waals surface area contributed by atoms with Crippen molar-refractivity contribution in [1.82, 2.24) is 0 Å². The molecule has 2 unspecified atom stereocenters. The summed E-state index contributed by atoms with van der Waals surface area (Å²) < 4.78 is 78.8. The fourth-order valence-electron chi connectivity index (χ4n) is 7.04. The molecule has 1 aliphatic heterocycles. The minimum atomic E-state index is -0.973. The van der Waals surface area contributed by atoms with E-state index < -0.39 is 29.1 Å². The van der Waals surface area contributed by atoms with Gasteiger partial charge < -0.3 is 4.74 Å². The second-order valence-electron chi connectivity index (χ2n) is 14.6. The molecule has 0 bridgehead atoms. The molecular formula is C49H41F5O. The van der Waals surface area contributed by atoms with Gasteiger partial charge in [-0.25, -0.2) is 22.0 Å². The normalized spacial score (nSPS) is 15.4. The number of rotatable bonds is 5. The number of hydrogen-bond acceptors (Lipinski definition) is 1. The molecule has 2 atom stereocenters. The zero-order chi connectivity index (χ0) is 38.8. The SMILES string of the molecule is Cc1ccc(-c2ccc(-c3ccc(C4CCC(C)CO4)cc3)c(F)c2F)cc1F.Cc1ccc(-c2ccc(-c3ccc4cc(C)ccc4c3)c(F)c2F)cc1. The second-order valence-corrected chi connectivity index (χ2v) is 14.6. The highest BCUT2D eigenvalue weighted by Gasteiger charge is 2.22. The van der Waals surface area contributed by atoms with E-state index >= 15 is 0 Å². The van der Waals surface area contributed by atoms with Gasteiger partial charge in [0.1, 0.15) is 5.82 Å². The van der Waals surface area contributed by atoms with Crippen molar-refractivity contribution in [2.75, 3.05) is 6.61 Å². The van der Waals surface area contributed by atoms with E-state index in [4.69, 9.17) is 4.74 Å². The standard InChI is InChI=1S/C25H23F3O.C24H18F2/c1-15-3-12-23(29-14-15)18-8-6-17(7-9-18)20-10-11-21(25(28)24(20)27)19-5-4-16(2)22(26)13-19;1-15-3-6-17(7-4-15)21-11-12-22(24(26)23(21)25)20-10-9-18-13-16(2)5-8-19(18)14-20/h4-11,13,15,23H,3,12,14H2,1-2H3;3-14H,1-2H3. The Morgan fingerprint density at radius 3 is 1.45 bits per heavy atom. The summed E-state index contributed by atoms with van der Waals surface area (Å²) in [7, 11) is 0. The summed E-state index contributed by atoms with van der Waals surface area (Å²) in [5, 5.41) is 2.10. The van der Waals surface area contributed by atoms with E-state index in [2.05, 4.69) is 13.0 Å². The maximum atomic E-state index is 14.8. The van der Waals surface area contributed by atoms with Gasteiger partial charge in [-0.05, 0) is 95.8 Å². The highest BCUT2D eigenvalue weighted by atomic mass is 19.2. The van der Waals surface area contributed by atoms with Gasteiger partial charge >= 0.3 is 0 Å². The van der Waals surface area contributed by atoms with Gasteiger partial charge in [0.15, 0.2) is 23.3 Å². The van der Waals surface area contributed by atoms with E-state index in [1.807, 2.05) is 80.6 Å². The molecule has 1 saturated heterocycles. The summed E-state index contributed by atoms with van der Waals surface area (Å²) >= 11 is 0. The van der Waals surface area contributed by atoms with Crippen LogP contribution in [-0.4, -0.2) is 6.61 Å². The average molecular weight is 741 g/mol. The van der Waals surface area contributed by atoms with E-state index in [-0.39, 0.29) is 28.4 Å². The molecule has 1 fully saturated rings. The molecule has 1 heterocycles. The summed E-state index contributed by atoms with van der Waals surface area (Å²) in [6.07, 6.45) is 2.14. The lowest BCUT2D eigenvalue weighted by Crippen LogP contribution is -2.18. The van der Waals surface area contributed by atoms with Crippen molar-refractivity contribution in [1.29, 1.82) is 0 Å². The van der Waals surface area contributed by atoms with Gasteiger partial charge in [0.25, 0.3) is 0 Å². The van der Waals surface area contributed by atoms with Gasteiger partial charge in [0, 0.05) is 28.9 Å². The van der Waals surface area contributed by atoms with Crippen molar-refractivity contribution < 1.29 is 26.7 Å². The fraction of sp³-hybridized carbons (Fsp3) is 0.184. The number of halogens is 5. The minimum Gasteiger partial charge on any atom is -0.373 e. The number of fused-ring (bicyclic) bond motifs is 1. The second kappa shape index (κ2) is 16.0. The molecule has 7 aromatic rings. The van der Waals surface area contributed by atoms with E-state index in [9.17, 15) is 22.0 Å². The summed E-state index contributed by atoms with van der Waals surface area (Å²) in [5.74, 6) is -3.40. The van der Waals surface area contributed by atoms with Crippen LogP contribution >= 0.6 is 0 Å². The van der Waals surface area contributed by atoms with Gasteiger partial charge in [-0.3, -0.25) is 0 Å². The molecule has 0 saturated carbocycles. The Labute approximate surface area is 319 Å². The molecule has 0 spiro atoms. The maximum absolute atomic E-state index is 14.8. The van der Waals surface area contributed by atoms with Crippen LogP contribution in [0.1, 0.15) is 48.1 Å². The molecule has 55 heavy (non-hydrogen) atoms. The van der Waals surface area contributed by atoms with Crippen molar-refractivity contribution in [3.63, 3.8) is 0 Å². The quantitative estimate of drug-likeness (QED) is 0.160. The zero-order valence-electron chi connectivity index (χ0n) is 31.2. The lowest BCUT2D eigenvalue weighted by molar-refractivity contribution is -0.0123. The molecule has 0 aliphatic carbocycles. The van der Waals surface area contributed by atoms with Gasteiger partial charge in [0.05, 0.1) is 6.10 Å². The van der Waals surface area contributed by atoms with Crippen molar-refractivity contribution in [3.8, 4) is 44.5 Å². The van der Waals surface area contributed by atoms with Crippen molar-refractivity contribution in [3.05, 3.63) is 179 Å². The van der Waals surface area contributed by atoms with Crippen molar-refractivity contribution >= 4 is 10.8 Å². The van der Waals surface area contributed by atoms with Gasteiger partial charge in [-0.15, -0.1) is 0 Å². The summed E-state index contributed by atoms with van der Waals surface area (Å²) in [5.41, 5.74) is 6.81.